The molecule has 0 unspecified atom stereocenters. The van der Waals surface area contributed by atoms with Gasteiger partial charge < -0.3 is 9.88 Å². The maximum atomic E-state index is 13.0. The average Bonchev–Trinajstić information content (AvgIpc) is 2.90. The van der Waals surface area contributed by atoms with Crippen molar-refractivity contribution in [2.45, 2.75) is 6.54 Å². The van der Waals surface area contributed by atoms with Crippen molar-refractivity contribution >= 4 is 32.9 Å². The first-order valence-corrected chi connectivity index (χ1v) is 7.57. The smallest absolute Gasteiger partial charge is 0.252 e. The van der Waals surface area contributed by atoms with Crippen molar-refractivity contribution < 1.29 is 9.18 Å². The summed E-state index contributed by atoms with van der Waals surface area (Å²) in [5.41, 5.74) is 2.37. The van der Waals surface area contributed by atoms with Gasteiger partial charge >= 0.3 is 0 Å². The SMILES string of the molecule is O=C(NCCn1cnc2ccccc21)c1ccc(F)cc1Br. The Balaban J connectivity index is 1.64. The Morgan fingerprint density at radius 1 is 1.27 bits per heavy atom. The van der Waals surface area contributed by atoms with E-state index < -0.39 is 0 Å². The number of carbonyl (C=O) groups is 1. The predicted molar refractivity (Wildman–Crippen MR) is 86.2 cm³/mol. The highest BCUT2D eigenvalue weighted by Gasteiger charge is 2.10. The average molecular weight is 362 g/mol. The van der Waals surface area contributed by atoms with Crippen molar-refractivity contribution in [1.29, 1.82) is 0 Å². The first kappa shape index (κ1) is 14.7. The number of benzene rings is 2. The molecule has 0 aliphatic heterocycles. The van der Waals surface area contributed by atoms with Gasteiger partial charge in [-0.1, -0.05) is 12.1 Å². The van der Waals surface area contributed by atoms with Crippen molar-refractivity contribution in [2.24, 2.45) is 0 Å². The lowest BCUT2D eigenvalue weighted by Gasteiger charge is -2.08. The molecule has 0 fully saturated rings. The fraction of sp³-hybridized carbons (Fsp3) is 0.125. The van der Waals surface area contributed by atoms with Crippen LogP contribution >= 0.6 is 15.9 Å². The molecule has 1 amide bonds. The lowest BCUT2D eigenvalue weighted by Crippen LogP contribution is -2.27. The molecule has 4 nitrogen and oxygen atoms in total. The molecular formula is C16H13BrFN3O. The van der Waals surface area contributed by atoms with E-state index in [0.29, 0.717) is 23.1 Å². The van der Waals surface area contributed by atoms with Crippen LogP contribution in [0.25, 0.3) is 11.0 Å². The van der Waals surface area contributed by atoms with Crippen LogP contribution in [0.1, 0.15) is 10.4 Å². The van der Waals surface area contributed by atoms with Gasteiger partial charge in [-0.25, -0.2) is 9.37 Å². The summed E-state index contributed by atoms with van der Waals surface area (Å²) in [6.07, 6.45) is 1.75. The highest BCUT2D eigenvalue weighted by Crippen LogP contribution is 2.17. The number of hydrogen-bond donors (Lipinski definition) is 1. The molecule has 0 aliphatic carbocycles. The van der Waals surface area contributed by atoms with Gasteiger partial charge in [0.1, 0.15) is 5.82 Å². The maximum Gasteiger partial charge on any atom is 0.252 e. The number of nitrogens with zero attached hydrogens (tertiary/aromatic N) is 2. The summed E-state index contributed by atoms with van der Waals surface area (Å²) in [6.45, 7) is 1.08. The highest BCUT2D eigenvalue weighted by atomic mass is 79.9. The molecular weight excluding hydrogens is 349 g/mol. The van der Waals surface area contributed by atoms with Gasteiger partial charge in [0, 0.05) is 17.6 Å². The van der Waals surface area contributed by atoms with Crippen molar-refractivity contribution in [3.8, 4) is 0 Å². The first-order valence-electron chi connectivity index (χ1n) is 6.78. The van der Waals surface area contributed by atoms with E-state index in [2.05, 4.69) is 26.2 Å². The molecule has 6 heteroatoms. The van der Waals surface area contributed by atoms with Crippen LogP contribution in [0.4, 0.5) is 4.39 Å². The zero-order valence-corrected chi connectivity index (χ0v) is 13.2. The molecule has 0 spiro atoms. The molecule has 112 valence electrons. The number of hydrogen-bond acceptors (Lipinski definition) is 2. The van der Waals surface area contributed by atoms with Gasteiger partial charge in [0.2, 0.25) is 0 Å². The molecule has 3 aromatic rings. The summed E-state index contributed by atoms with van der Waals surface area (Å²) in [6, 6.07) is 11.8. The Hall–Kier alpha value is -2.21. The normalized spacial score (nSPS) is 10.8. The molecule has 0 bridgehead atoms. The van der Waals surface area contributed by atoms with Gasteiger partial charge in [-0.05, 0) is 46.3 Å². The second-order valence-corrected chi connectivity index (χ2v) is 5.66. The van der Waals surface area contributed by atoms with E-state index in [4.69, 9.17) is 0 Å². The van der Waals surface area contributed by atoms with Gasteiger partial charge in [-0.2, -0.15) is 0 Å². The first-order chi connectivity index (χ1) is 10.6. The molecule has 0 radical (unpaired) electrons. The van der Waals surface area contributed by atoms with E-state index in [1.807, 2.05) is 28.8 Å². The molecule has 0 atom stereocenters. The standard InChI is InChI=1S/C16H13BrFN3O/c17-13-9-11(18)5-6-12(13)16(22)19-7-8-21-10-20-14-3-1-2-4-15(14)21/h1-6,9-10H,7-8H2,(H,19,22). The third-order valence-corrected chi connectivity index (χ3v) is 4.00. The van der Waals surface area contributed by atoms with Gasteiger partial charge in [-0.3, -0.25) is 4.79 Å². The van der Waals surface area contributed by atoms with E-state index >= 15 is 0 Å². The Labute approximate surface area is 135 Å². The Bertz CT molecular complexity index is 831. The lowest BCUT2D eigenvalue weighted by molar-refractivity contribution is 0.0951. The number of amides is 1. The van der Waals surface area contributed by atoms with E-state index in [1.165, 1.54) is 18.2 Å². The fourth-order valence-corrected chi connectivity index (χ4v) is 2.78. The van der Waals surface area contributed by atoms with Crippen LogP contribution in [0.15, 0.2) is 53.3 Å². The maximum absolute atomic E-state index is 13.0. The Kier molecular flexibility index (Phi) is 4.20. The summed E-state index contributed by atoms with van der Waals surface area (Å²) in [7, 11) is 0. The largest absolute Gasteiger partial charge is 0.350 e. The quantitative estimate of drug-likeness (QED) is 0.774. The van der Waals surface area contributed by atoms with E-state index in [9.17, 15) is 9.18 Å². The van der Waals surface area contributed by atoms with Crippen LogP contribution in [0.5, 0.6) is 0 Å². The van der Waals surface area contributed by atoms with E-state index in [0.717, 1.165) is 11.0 Å². The van der Waals surface area contributed by atoms with Crippen molar-refractivity contribution in [3.05, 3.63) is 64.6 Å². The lowest BCUT2D eigenvalue weighted by atomic mass is 10.2. The molecule has 0 aliphatic rings. The van der Waals surface area contributed by atoms with Crippen molar-refractivity contribution in [3.63, 3.8) is 0 Å². The van der Waals surface area contributed by atoms with Gasteiger partial charge in [0.25, 0.3) is 5.91 Å². The van der Waals surface area contributed by atoms with Crippen LogP contribution in [0.2, 0.25) is 0 Å². The molecule has 3 rings (SSSR count). The third-order valence-electron chi connectivity index (χ3n) is 3.34. The minimum absolute atomic E-state index is 0.240. The zero-order chi connectivity index (χ0) is 15.5. The molecule has 1 heterocycles. The van der Waals surface area contributed by atoms with Crippen LogP contribution in [0.3, 0.4) is 0 Å². The fourth-order valence-electron chi connectivity index (χ4n) is 2.25. The number of fused-ring (bicyclic) bond motifs is 1. The van der Waals surface area contributed by atoms with Crippen LogP contribution in [-0.4, -0.2) is 22.0 Å². The Morgan fingerprint density at radius 2 is 2.09 bits per heavy atom. The summed E-state index contributed by atoms with van der Waals surface area (Å²) < 4.78 is 15.4. The molecule has 0 saturated heterocycles. The minimum atomic E-state index is -0.381. The minimum Gasteiger partial charge on any atom is -0.350 e. The van der Waals surface area contributed by atoms with E-state index in [-0.39, 0.29) is 11.7 Å². The van der Waals surface area contributed by atoms with Crippen LogP contribution in [-0.2, 0) is 6.54 Å². The number of carbonyl (C=O) groups excluding carboxylic acids is 1. The van der Waals surface area contributed by atoms with Crippen molar-refractivity contribution in [2.75, 3.05) is 6.54 Å². The predicted octanol–water partition coefficient (Wildman–Crippen LogP) is 3.37. The van der Waals surface area contributed by atoms with Gasteiger partial charge in [0.05, 0.1) is 22.9 Å². The summed E-state index contributed by atoms with van der Waals surface area (Å²) in [4.78, 5) is 16.4. The Morgan fingerprint density at radius 3 is 2.91 bits per heavy atom. The summed E-state index contributed by atoms with van der Waals surface area (Å²) >= 11 is 3.19. The van der Waals surface area contributed by atoms with Crippen LogP contribution in [0, 0.1) is 5.82 Å². The molecule has 2 aromatic carbocycles. The van der Waals surface area contributed by atoms with Crippen LogP contribution < -0.4 is 5.32 Å². The number of nitrogens with one attached hydrogen (secondary N) is 1. The molecule has 22 heavy (non-hydrogen) atoms. The zero-order valence-electron chi connectivity index (χ0n) is 11.6. The van der Waals surface area contributed by atoms with Gasteiger partial charge in [0.15, 0.2) is 0 Å². The second kappa shape index (κ2) is 6.27. The third kappa shape index (κ3) is 3.01. The monoisotopic (exact) mass is 361 g/mol. The summed E-state index contributed by atoms with van der Waals surface area (Å²) in [5.74, 6) is -0.621. The number of para-hydroxylation sites is 2. The molecule has 1 aromatic heterocycles. The molecule has 0 saturated carbocycles. The van der Waals surface area contributed by atoms with E-state index in [1.54, 1.807) is 6.33 Å². The number of halogens is 2. The second-order valence-electron chi connectivity index (χ2n) is 4.81. The summed E-state index contributed by atoms with van der Waals surface area (Å²) in [5, 5.41) is 2.82. The molecule has 1 N–H and O–H groups in total. The highest BCUT2D eigenvalue weighted by molar-refractivity contribution is 9.10. The van der Waals surface area contributed by atoms with Crippen molar-refractivity contribution in [1.82, 2.24) is 14.9 Å². The number of imidazole rings is 1. The number of aromatic nitrogens is 2. The number of rotatable bonds is 4. The topological polar surface area (TPSA) is 46.9 Å². The van der Waals surface area contributed by atoms with Gasteiger partial charge in [-0.15, -0.1) is 0 Å².